The number of thiazole rings is 1. The average Bonchev–Trinajstić information content (AvgIpc) is 3.16. The van der Waals surface area contributed by atoms with Crippen molar-refractivity contribution in [3.05, 3.63) is 86.1 Å². The normalized spacial score (nSPS) is 11.1. The van der Waals surface area contributed by atoms with E-state index in [1.807, 2.05) is 30.3 Å². The van der Waals surface area contributed by atoms with Crippen LogP contribution < -0.4 is 11.1 Å². The number of nitro groups is 1. The molecule has 2 heterocycles. The van der Waals surface area contributed by atoms with Crippen LogP contribution in [0, 0.1) is 10.1 Å². The topological polar surface area (TPSA) is 111 Å². The summed E-state index contributed by atoms with van der Waals surface area (Å²) in [6.45, 7) is 0. The Morgan fingerprint density at radius 3 is 2.79 bits per heavy atom. The molecule has 0 saturated carbocycles. The lowest BCUT2D eigenvalue weighted by Crippen LogP contribution is -2.03. The summed E-state index contributed by atoms with van der Waals surface area (Å²) in [5, 5.41) is 17.7. The molecular weight excluding hydrogens is 380 g/mol. The third-order valence-electron chi connectivity index (χ3n) is 3.88. The molecule has 2 aromatic heterocycles. The maximum atomic E-state index is 12.3. The molecule has 1 N–H and O–H groups in total. The van der Waals surface area contributed by atoms with E-state index in [2.05, 4.69) is 15.5 Å². The second-order valence-corrected chi connectivity index (χ2v) is 6.60. The minimum atomic E-state index is -0.564. The molecule has 0 spiro atoms. The van der Waals surface area contributed by atoms with Crippen LogP contribution in [0.25, 0.3) is 22.2 Å². The van der Waals surface area contributed by atoms with Gasteiger partial charge in [0.15, 0.2) is 0 Å². The Kier molecular flexibility index (Phi) is 4.65. The fourth-order valence-electron chi connectivity index (χ4n) is 2.55. The predicted molar refractivity (Wildman–Crippen MR) is 108 cm³/mol. The number of nitro benzene ring substituents is 1. The summed E-state index contributed by atoms with van der Waals surface area (Å²) in [5.41, 5.74) is 4.02. The first-order valence-electron chi connectivity index (χ1n) is 8.12. The third-order valence-corrected chi connectivity index (χ3v) is 4.63. The number of nitrogens with zero attached hydrogens (tertiary/aromatic N) is 3. The fraction of sp³-hybridized carbons (Fsp3) is 0. The van der Waals surface area contributed by atoms with E-state index in [9.17, 15) is 14.9 Å². The molecule has 4 rings (SSSR count). The molecule has 0 aliphatic heterocycles. The van der Waals surface area contributed by atoms with Gasteiger partial charge in [-0.3, -0.25) is 15.5 Å². The maximum absolute atomic E-state index is 12.3. The number of benzene rings is 2. The van der Waals surface area contributed by atoms with Gasteiger partial charge < -0.3 is 4.42 Å². The van der Waals surface area contributed by atoms with Crippen molar-refractivity contribution in [2.24, 2.45) is 5.10 Å². The predicted octanol–water partition coefficient (Wildman–Crippen LogP) is 4.27. The van der Waals surface area contributed by atoms with E-state index in [0.717, 1.165) is 5.56 Å². The van der Waals surface area contributed by atoms with Crippen molar-refractivity contribution >= 4 is 39.3 Å². The summed E-state index contributed by atoms with van der Waals surface area (Å²) >= 11 is 1.28. The number of hydrogen-bond acceptors (Lipinski definition) is 8. The largest absolute Gasteiger partial charge is 0.422 e. The molecule has 0 saturated heterocycles. The second kappa shape index (κ2) is 7.41. The number of fused-ring (bicyclic) bond motifs is 1. The first-order valence-corrected chi connectivity index (χ1v) is 9.00. The lowest BCUT2D eigenvalue weighted by molar-refractivity contribution is -0.384. The third kappa shape index (κ3) is 3.64. The first kappa shape index (κ1) is 17.6. The van der Waals surface area contributed by atoms with Gasteiger partial charge in [0, 0.05) is 22.9 Å². The van der Waals surface area contributed by atoms with Gasteiger partial charge in [0.05, 0.1) is 22.4 Å². The van der Waals surface area contributed by atoms with Crippen LogP contribution in [0.4, 0.5) is 10.8 Å². The molecule has 4 aromatic rings. The van der Waals surface area contributed by atoms with Gasteiger partial charge in [-0.2, -0.15) is 5.10 Å². The molecule has 0 aliphatic carbocycles. The van der Waals surface area contributed by atoms with Crippen molar-refractivity contribution in [1.82, 2.24) is 4.98 Å². The smallest absolute Gasteiger partial charge is 0.345 e. The molecule has 0 fully saturated rings. The number of hydrazone groups is 1. The maximum Gasteiger partial charge on any atom is 0.345 e. The van der Waals surface area contributed by atoms with Crippen molar-refractivity contribution in [2.45, 2.75) is 0 Å². The van der Waals surface area contributed by atoms with Crippen molar-refractivity contribution < 1.29 is 9.34 Å². The van der Waals surface area contributed by atoms with E-state index in [0.29, 0.717) is 16.2 Å². The van der Waals surface area contributed by atoms with Gasteiger partial charge in [-0.25, -0.2) is 9.78 Å². The highest BCUT2D eigenvalue weighted by Gasteiger charge is 2.14. The van der Waals surface area contributed by atoms with E-state index in [-0.39, 0.29) is 16.8 Å². The molecule has 0 amide bonds. The molecule has 8 nitrogen and oxygen atoms in total. The zero-order chi connectivity index (χ0) is 19.5. The molecule has 0 radical (unpaired) electrons. The van der Waals surface area contributed by atoms with Crippen LogP contribution in [0.3, 0.4) is 0 Å². The monoisotopic (exact) mass is 392 g/mol. The highest BCUT2D eigenvalue weighted by atomic mass is 32.1. The summed E-state index contributed by atoms with van der Waals surface area (Å²) < 4.78 is 5.27. The Morgan fingerprint density at radius 1 is 1.18 bits per heavy atom. The summed E-state index contributed by atoms with van der Waals surface area (Å²) in [4.78, 5) is 27.1. The van der Waals surface area contributed by atoms with Gasteiger partial charge >= 0.3 is 5.63 Å². The number of anilines is 1. The second-order valence-electron chi connectivity index (χ2n) is 5.75. The van der Waals surface area contributed by atoms with Crippen LogP contribution in [-0.4, -0.2) is 16.1 Å². The Bertz CT molecular complexity index is 1250. The van der Waals surface area contributed by atoms with Crippen LogP contribution in [0.1, 0.15) is 5.56 Å². The number of non-ortho nitro benzene ring substituents is 1. The van der Waals surface area contributed by atoms with E-state index >= 15 is 0 Å². The Labute approximate surface area is 161 Å². The van der Waals surface area contributed by atoms with E-state index < -0.39 is 10.5 Å². The lowest BCUT2D eigenvalue weighted by Gasteiger charge is -2.00. The summed E-state index contributed by atoms with van der Waals surface area (Å²) in [7, 11) is 0. The Morgan fingerprint density at radius 2 is 2.00 bits per heavy atom. The molecule has 0 unspecified atom stereocenters. The van der Waals surface area contributed by atoms with E-state index in [4.69, 9.17) is 4.42 Å². The molecule has 9 heteroatoms. The van der Waals surface area contributed by atoms with Crippen LogP contribution in [-0.2, 0) is 0 Å². The molecular formula is C19H12N4O4S. The highest BCUT2D eigenvalue weighted by Crippen LogP contribution is 2.27. The minimum absolute atomic E-state index is 0.0804. The van der Waals surface area contributed by atoms with Crippen LogP contribution in [0.5, 0.6) is 0 Å². The van der Waals surface area contributed by atoms with Gasteiger partial charge in [0.1, 0.15) is 5.58 Å². The molecule has 2 aromatic carbocycles. The number of nitrogens with one attached hydrogen (secondary N) is 1. The van der Waals surface area contributed by atoms with Gasteiger partial charge in [-0.05, 0) is 17.7 Å². The SMILES string of the molecule is O=c1oc2ccc([N+](=O)[O-])cc2cc1-c1csc(NN=Cc2ccccc2)n1. The van der Waals surface area contributed by atoms with Gasteiger partial charge in [0.2, 0.25) is 5.13 Å². The van der Waals surface area contributed by atoms with E-state index in [1.54, 1.807) is 17.7 Å². The molecule has 28 heavy (non-hydrogen) atoms. The zero-order valence-electron chi connectivity index (χ0n) is 14.2. The lowest BCUT2D eigenvalue weighted by atomic mass is 10.1. The van der Waals surface area contributed by atoms with Crippen LogP contribution in [0.15, 0.2) is 74.3 Å². The van der Waals surface area contributed by atoms with E-state index in [1.165, 1.54) is 29.5 Å². The fourth-order valence-corrected chi connectivity index (χ4v) is 3.21. The summed E-state index contributed by atoms with van der Waals surface area (Å²) in [6, 6.07) is 15.2. The molecule has 0 atom stereocenters. The number of rotatable bonds is 5. The molecule has 0 bridgehead atoms. The Balaban J connectivity index is 1.61. The zero-order valence-corrected chi connectivity index (χ0v) is 15.1. The molecule has 138 valence electrons. The first-order chi connectivity index (χ1) is 13.6. The van der Waals surface area contributed by atoms with Crippen LogP contribution >= 0.6 is 11.3 Å². The quantitative estimate of drug-likeness (QED) is 0.235. The summed E-state index contributed by atoms with van der Waals surface area (Å²) in [5.74, 6) is 0. The van der Waals surface area contributed by atoms with Gasteiger partial charge in [-0.15, -0.1) is 11.3 Å². The minimum Gasteiger partial charge on any atom is -0.422 e. The van der Waals surface area contributed by atoms with Gasteiger partial charge in [-0.1, -0.05) is 30.3 Å². The van der Waals surface area contributed by atoms with Crippen molar-refractivity contribution in [1.29, 1.82) is 0 Å². The van der Waals surface area contributed by atoms with Crippen LogP contribution in [0.2, 0.25) is 0 Å². The van der Waals surface area contributed by atoms with Crippen molar-refractivity contribution in [3.8, 4) is 11.3 Å². The highest BCUT2D eigenvalue weighted by molar-refractivity contribution is 7.14. The van der Waals surface area contributed by atoms with Crippen molar-refractivity contribution in [3.63, 3.8) is 0 Å². The molecule has 0 aliphatic rings. The summed E-state index contributed by atoms with van der Waals surface area (Å²) in [6.07, 6.45) is 1.66. The number of aromatic nitrogens is 1. The number of hydrogen-bond donors (Lipinski definition) is 1. The average molecular weight is 392 g/mol. The van der Waals surface area contributed by atoms with Crippen molar-refractivity contribution in [2.75, 3.05) is 5.43 Å². The van der Waals surface area contributed by atoms with Gasteiger partial charge in [0.25, 0.3) is 5.69 Å². The standard InChI is InChI=1S/C19H12N4O4S/c24-18-15(9-13-8-14(23(25)26)6-7-17(13)27-18)16-11-28-19(21-16)22-20-10-12-4-2-1-3-5-12/h1-11H,(H,21,22). The Hall–Kier alpha value is -3.85.